The zero-order valence-electron chi connectivity index (χ0n) is 24.6. The number of piperazine rings is 1. The molecule has 7 heteroatoms. The van der Waals surface area contributed by atoms with E-state index in [0.29, 0.717) is 41.6 Å². The number of piperidine rings is 1. The van der Waals surface area contributed by atoms with Crippen LogP contribution in [0.3, 0.4) is 0 Å². The number of nitriles is 1. The van der Waals surface area contributed by atoms with E-state index in [4.69, 9.17) is 4.74 Å². The Morgan fingerprint density at radius 1 is 0.902 bits per heavy atom. The van der Waals surface area contributed by atoms with Crippen LogP contribution in [-0.2, 0) is 4.74 Å². The number of anilines is 2. The molecule has 7 rings (SSSR count). The quantitative estimate of drug-likeness (QED) is 0.456. The van der Waals surface area contributed by atoms with Crippen LogP contribution in [0.5, 0.6) is 0 Å². The van der Waals surface area contributed by atoms with Gasteiger partial charge in [-0.05, 0) is 61.7 Å². The minimum Gasteiger partial charge on any atom is -0.379 e. The molecule has 0 radical (unpaired) electrons. The minimum absolute atomic E-state index is 0.334. The molecule has 2 aromatic carbocycles. The fraction of sp³-hybridized carbons (Fsp3) is 0.529. The number of pyridine rings is 1. The van der Waals surface area contributed by atoms with Gasteiger partial charge in [0.05, 0.1) is 17.2 Å². The topological polar surface area (TPSA) is 58.9 Å². The molecular formula is C34H42N6O. The van der Waals surface area contributed by atoms with Gasteiger partial charge in [0.1, 0.15) is 6.07 Å². The van der Waals surface area contributed by atoms with Crippen LogP contribution in [-0.4, -0.2) is 91.9 Å². The lowest BCUT2D eigenvalue weighted by molar-refractivity contribution is 0.00151. The van der Waals surface area contributed by atoms with E-state index in [9.17, 15) is 5.26 Å². The molecule has 0 aliphatic carbocycles. The van der Waals surface area contributed by atoms with Gasteiger partial charge in [0.15, 0.2) is 0 Å². The molecule has 3 aromatic rings. The summed E-state index contributed by atoms with van der Waals surface area (Å²) in [6.45, 7) is 12.3. The summed E-state index contributed by atoms with van der Waals surface area (Å²) < 4.78 is 5.66. The number of fused-ring (bicyclic) bond motifs is 2. The molecule has 5 atom stereocenters. The standard InChI is InChI=1S/C34H42N6O/c1-23-17-37(22-33(23)41-3)28-9-6-25(7-10-28)27-19-38(20-27)29-12-14-40-24(2)18-39(21-30(40)15-29)32-11-8-26(16-35)34-31(32)5-4-13-36-34/h4-11,13,23-24,27,29-30,33H,12,14-15,17-22H2,1-3H3. The highest BCUT2D eigenvalue weighted by Gasteiger charge is 2.42. The molecule has 0 N–H and O–H groups in total. The second kappa shape index (κ2) is 10.9. The summed E-state index contributed by atoms with van der Waals surface area (Å²) in [6.07, 6.45) is 4.62. The Kier molecular flexibility index (Phi) is 7.10. The Morgan fingerprint density at radius 2 is 1.73 bits per heavy atom. The van der Waals surface area contributed by atoms with Crippen molar-refractivity contribution in [3.8, 4) is 6.07 Å². The van der Waals surface area contributed by atoms with Crippen molar-refractivity contribution in [1.82, 2.24) is 14.8 Å². The van der Waals surface area contributed by atoms with Gasteiger partial charge in [-0.1, -0.05) is 19.1 Å². The molecule has 5 heterocycles. The minimum atomic E-state index is 0.334. The summed E-state index contributed by atoms with van der Waals surface area (Å²) in [5, 5.41) is 10.7. The Balaban J connectivity index is 0.988. The molecule has 0 spiro atoms. The fourth-order valence-corrected chi connectivity index (χ4v) is 8.05. The van der Waals surface area contributed by atoms with Crippen LogP contribution < -0.4 is 9.80 Å². The highest BCUT2D eigenvalue weighted by Crippen LogP contribution is 2.38. The first kappa shape index (κ1) is 26.7. The molecule has 0 bridgehead atoms. The number of aromatic nitrogens is 1. The van der Waals surface area contributed by atoms with E-state index >= 15 is 0 Å². The van der Waals surface area contributed by atoms with Gasteiger partial charge in [-0.15, -0.1) is 0 Å². The molecular weight excluding hydrogens is 508 g/mol. The lowest BCUT2D eigenvalue weighted by Gasteiger charge is -2.54. The first-order chi connectivity index (χ1) is 20.0. The number of hydrogen-bond donors (Lipinski definition) is 0. The van der Waals surface area contributed by atoms with Crippen LogP contribution in [0.2, 0.25) is 0 Å². The second-order valence-corrected chi connectivity index (χ2v) is 12.9. The number of likely N-dealkylation sites (tertiary alicyclic amines) is 1. The Morgan fingerprint density at radius 3 is 2.49 bits per heavy atom. The molecule has 7 nitrogen and oxygen atoms in total. The lowest BCUT2D eigenvalue weighted by Crippen LogP contribution is -2.64. The molecule has 4 aliphatic rings. The third-order valence-corrected chi connectivity index (χ3v) is 10.4. The maximum absolute atomic E-state index is 9.60. The average molecular weight is 551 g/mol. The molecule has 4 fully saturated rings. The Bertz CT molecular complexity index is 1430. The van der Waals surface area contributed by atoms with Gasteiger partial charge in [-0.3, -0.25) is 14.8 Å². The molecule has 0 amide bonds. The molecule has 4 aliphatic heterocycles. The summed E-state index contributed by atoms with van der Waals surface area (Å²) in [6, 6.07) is 21.6. The van der Waals surface area contributed by atoms with Gasteiger partial charge in [0, 0.05) is 106 Å². The van der Waals surface area contributed by atoms with E-state index in [1.165, 1.54) is 49.4 Å². The number of benzene rings is 2. The van der Waals surface area contributed by atoms with Gasteiger partial charge >= 0.3 is 0 Å². The molecule has 1 aromatic heterocycles. The number of rotatable bonds is 5. The molecule has 214 valence electrons. The van der Waals surface area contributed by atoms with Crippen molar-refractivity contribution in [2.75, 3.05) is 62.7 Å². The van der Waals surface area contributed by atoms with Crippen molar-refractivity contribution in [3.05, 3.63) is 65.9 Å². The van der Waals surface area contributed by atoms with Gasteiger partial charge < -0.3 is 14.5 Å². The van der Waals surface area contributed by atoms with E-state index < -0.39 is 0 Å². The van der Waals surface area contributed by atoms with Gasteiger partial charge in [-0.25, -0.2) is 0 Å². The number of nitrogens with zero attached hydrogens (tertiary/aromatic N) is 6. The van der Waals surface area contributed by atoms with Crippen LogP contribution in [0.4, 0.5) is 11.4 Å². The van der Waals surface area contributed by atoms with Crippen LogP contribution in [0, 0.1) is 17.2 Å². The van der Waals surface area contributed by atoms with Crippen molar-refractivity contribution < 1.29 is 4.74 Å². The molecule has 5 unspecified atom stereocenters. The van der Waals surface area contributed by atoms with E-state index in [1.807, 2.05) is 19.2 Å². The number of methoxy groups -OCH3 is 1. The molecule has 41 heavy (non-hydrogen) atoms. The second-order valence-electron chi connectivity index (χ2n) is 12.9. The summed E-state index contributed by atoms with van der Waals surface area (Å²) >= 11 is 0. The fourth-order valence-electron chi connectivity index (χ4n) is 8.05. The van der Waals surface area contributed by atoms with Crippen molar-refractivity contribution in [3.63, 3.8) is 0 Å². The predicted octanol–water partition coefficient (Wildman–Crippen LogP) is 4.72. The van der Waals surface area contributed by atoms with Crippen LogP contribution in [0.25, 0.3) is 10.9 Å². The van der Waals surface area contributed by atoms with Crippen LogP contribution in [0.15, 0.2) is 54.7 Å². The van der Waals surface area contributed by atoms with Crippen molar-refractivity contribution in [1.29, 1.82) is 5.26 Å². The molecule has 4 saturated heterocycles. The smallest absolute Gasteiger partial charge is 0.101 e. The van der Waals surface area contributed by atoms with E-state index in [0.717, 1.165) is 37.1 Å². The van der Waals surface area contributed by atoms with Crippen molar-refractivity contribution in [2.45, 2.75) is 56.8 Å². The molecule has 0 saturated carbocycles. The largest absolute Gasteiger partial charge is 0.379 e. The zero-order valence-corrected chi connectivity index (χ0v) is 24.6. The van der Waals surface area contributed by atoms with Crippen molar-refractivity contribution >= 4 is 22.3 Å². The predicted molar refractivity (Wildman–Crippen MR) is 165 cm³/mol. The average Bonchev–Trinajstić information content (AvgIpc) is 3.36. The van der Waals surface area contributed by atoms with Crippen LogP contribution in [0.1, 0.15) is 43.7 Å². The normalized spacial score (nSPS) is 29.4. The maximum atomic E-state index is 9.60. The monoisotopic (exact) mass is 550 g/mol. The maximum Gasteiger partial charge on any atom is 0.101 e. The Labute approximate surface area is 244 Å². The summed E-state index contributed by atoms with van der Waals surface area (Å²) in [7, 11) is 1.83. The van der Waals surface area contributed by atoms with Gasteiger partial charge in [0.2, 0.25) is 0 Å². The van der Waals surface area contributed by atoms with E-state index in [2.05, 4.69) is 80.9 Å². The van der Waals surface area contributed by atoms with Crippen LogP contribution >= 0.6 is 0 Å². The highest BCUT2D eigenvalue weighted by molar-refractivity contribution is 5.95. The number of ether oxygens (including phenoxy) is 1. The summed E-state index contributed by atoms with van der Waals surface area (Å²) in [5.74, 6) is 1.22. The summed E-state index contributed by atoms with van der Waals surface area (Å²) in [4.78, 5) is 15.1. The Hall–Kier alpha value is -3.18. The van der Waals surface area contributed by atoms with Crippen molar-refractivity contribution in [2.24, 2.45) is 5.92 Å². The first-order valence-electron chi connectivity index (χ1n) is 15.4. The van der Waals surface area contributed by atoms with E-state index in [-0.39, 0.29) is 0 Å². The third kappa shape index (κ3) is 4.86. The highest BCUT2D eigenvalue weighted by atomic mass is 16.5. The number of hydrogen-bond acceptors (Lipinski definition) is 7. The first-order valence-corrected chi connectivity index (χ1v) is 15.4. The third-order valence-electron chi connectivity index (χ3n) is 10.4. The van der Waals surface area contributed by atoms with Gasteiger partial charge in [-0.2, -0.15) is 5.26 Å². The van der Waals surface area contributed by atoms with Gasteiger partial charge in [0.25, 0.3) is 0 Å². The lowest BCUT2D eigenvalue weighted by atomic mass is 9.85. The SMILES string of the molecule is COC1CN(c2ccc(C3CN(C4CCN5C(C)CN(c6ccc(C#N)c7ncccc67)CC5C4)C3)cc2)CC1C. The van der Waals surface area contributed by atoms with E-state index in [1.54, 1.807) is 6.20 Å². The summed E-state index contributed by atoms with van der Waals surface area (Å²) in [5.41, 5.74) is 5.50. The zero-order chi connectivity index (χ0) is 28.1.